The third-order valence-corrected chi connectivity index (χ3v) is 3.42. The molecule has 0 amide bonds. The van der Waals surface area contributed by atoms with Crippen molar-refractivity contribution in [3.8, 4) is 0 Å². The van der Waals surface area contributed by atoms with Crippen LogP contribution < -0.4 is 0 Å². The Labute approximate surface area is 86.0 Å². The molecule has 2 nitrogen and oxygen atoms in total. The Bertz CT molecular complexity index is 255. The van der Waals surface area contributed by atoms with Crippen molar-refractivity contribution in [1.82, 2.24) is 0 Å². The molecule has 0 radical (unpaired) electrons. The summed E-state index contributed by atoms with van der Waals surface area (Å²) < 4.78 is 0. The Morgan fingerprint density at radius 1 is 1.57 bits per heavy atom. The topological polar surface area (TPSA) is 37.3 Å². The molecule has 4 atom stereocenters. The van der Waals surface area contributed by atoms with Crippen LogP contribution in [0.5, 0.6) is 0 Å². The van der Waals surface area contributed by atoms with E-state index in [0.717, 1.165) is 6.42 Å². The number of carbonyl (C=O) groups is 1. The lowest BCUT2D eigenvalue weighted by Crippen LogP contribution is -2.33. The minimum Gasteiger partial charge on any atom is -0.481 e. The Morgan fingerprint density at radius 3 is 2.57 bits per heavy atom. The molecule has 4 unspecified atom stereocenters. The van der Waals surface area contributed by atoms with Crippen LogP contribution in [0.2, 0.25) is 0 Å². The lowest BCUT2D eigenvalue weighted by molar-refractivity contribution is -0.144. The van der Waals surface area contributed by atoms with Gasteiger partial charge in [0.05, 0.1) is 5.92 Å². The third kappa shape index (κ3) is 2.17. The number of carboxylic acids is 1. The fourth-order valence-corrected chi connectivity index (χ4v) is 2.90. The lowest BCUT2D eigenvalue weighted by atomic mass is 9.69. The Kier molecular flexibility index (Phi) is 3.35. The van der Waals surface area contributed by atoms with Crippen LogP contribution in [0.4, 0.5) is 0 Å². The van der Waals surface area contributed by atoms with Gasteiger partial charge >= 0.3 is 5.97 Å². The van der Waals surface area contributed by atoms with E-state index in [1.54, 1.807) is 0 Å². The summed E-state index contributed by atoms with van der Waals surface area (Å²) in [4.78, 5) is 11.0. The van der Waals surface area contributed by atoms with Crippen molar-refractivity contribution in [2.75, 3.05) is 0 Å². The van der Waals surface area contributed by atoms with E-state index in [9.17, 15) is 4.79 Å². The molecule has 0 saturated carbocycles. The largest absolute Gasteiger partial charge is 0.481 e. The van der Waals surface area contributed by atoms with Gasteiger partial charge in [-0.1, -0.05) is 32.4 Å². The normalized spacial score (nSPS) is 34.9. The van der Waals surface area contributed by atoms with Gasteiger partial charge in [-0.05, 0) is 31.1 Å². The van der Waals surface area contributed by atoms with Gasteiger partial charge < -0.3 is 5.11 Å². The zero-order chi connectivity index (χ0) is 10.9. The molecule has 80 valence electrons. The second kappa shape index (κ2) is 4.16. The quantitative estimate of drug-likeness (QED) is 0.689. The van der Waals surface area contributed by atoms with E-state index < -0.39 is 5.97 Å². The van der Waals surface area contributed by atoms with E-state index in [4.69, 9.17) is 5.11 Å². The molecule has 2 heteroatoms. The first-order chi connectivity index (χ1) is 6.43. The molecule has 0 aliphatic heterocycles. The Balaban J connectivity index is 2.83. The van der Waals surface area contributed by atoms with Crippen molar-refractivity contribution < 1.29 is 9.90 Å². The second-order valence-corrected chi connectivity index (χ2v) is 4.76. The van der Waals surface area contributed by atoms with E-state index in [-0.39, 0.29) is 11.8 Å². The molecular weight excluding hydrogens is 176 g/mol. The van der Waals surface area contributed by atoms with Gasteiger partial charge in [0, 0.05) is 0 Å². The van der Waals surface area contributed by atoms with Gasteiger partial charge in [-0.15, -0.1) is 0 Å². The number of hydrogen-bond donors (Lipinski definition) is 1. The van der Waals surface area contributed by atoms with Gasteiger partial charge in [-0.2, -0.15) is 0 Å². The van der Waals surface area contributed by atoms with Crippen molar-refractivity contribution in [3.05, 3.63) is 11.6 Å². The summed E-state index contributed by atoms with van der Waals surface area (Å²) >= 11 is 0. The van der Waals surface area contributed by atoms with Crippen LogP contribution in [-0.4, -0.2) is 11.1 Å². The van der Waals surface area contributed by atoms with Crippen molar-refractivity contribution in [1.29, 1.82) is 0 Å². The van der Waals surface area contributed by atoms with E-state index in [0.29, 0.717) is 11.8 Å². The molecule has 1 aliphatic carbocycles. The Morgan fingerprint density at radius 2 is 2.14 bits per heavy atom. The SMILES string of the molecule is CC1=CC(C)C(C(C)C(=O)O)C(C)C1. The summed E-state index contributed by atoms with van der Waals surface area (Å²) in [6, 6.07) is 0. The molecular formula is C12H20O2. The lowest BCUT2D eigenvalue weighted by Gasteiger charge is -2.35. The van der Waals surface area contributed by atoms with Gasteiger partial charge in [0.1, 0.15) is 0 Å². The second-order valence-electron chi connectivity index (χ2n) is 4.76. The van der Waals surface area contributed by atoms with Crippen LogP contribution in [0.3, 0.4) is 0 Å². The highest BCUT2D eigenvalue weighted by Gasteiger charge is 2.34. The summed E-state index contributed by atoms with van der Waals surface area (Å²) in [5, 5.41) is 9.02. The monoisotopic (exact) mass is 196 g/mol. The fraction of sp³-hybridized carbons (Fsp3) is 0.750. The summed E-state index contributed by atoms with van der Waals surface area (Å²) in [6.45, 7) is 8.25. The highest BCUT2D eigenvalue weighted by molar-refractivity contribution is 5.70. The average Bonchev–Trinajstić information content (AvgIpc) is 2.01. The summed E-state index contributed by atoms with van der Waals surface area (Å²) in [5.74, 6) is 0.271. The van der Waals surface area contributed by atoms with Crippen LogP contribution in [0, 0.1) is 23.7 Å². The molecule has 0 fully saturated rings. The van der Waals surface area contributed by atoms with E-state index >= 15 is 0 Å². The van der Waals surface area contributed by atoms with Crippen molar-refractivity contribution in [3.63, 3.8) is 0 Å². The molecule has 0 spiro atoms. The smallest absolute Gasteiger partial charge is 0.306 e. The molecule has 0 bridgehead atoms. The molecule has 0 aromatic heterocycles. The van der Waals surface area contributed by atoms with Crippen LogP contribution in [0.25, 0.3) is 0 Å². The zero-order valence-electron chi connectivity index (χ0n) is 9.45. The fourth-order valence-electron chi connectivity index (χ4n) is 2.90. The molecule has 0 saturated heterocycles. The maximum absolute atomic E-state index is 11.0. The van der Waals surface area contributed by atoms with Crippen molar-refractivity contribution in [2.45, 2.75) is 34.1 Å². The summed E-state index contributed by atoms with van der Waals surface area (Å²) in [7, 11) is 0. The highest BCUT2D eigenvalue weighted by atomic mass is 16.4. The summed E-state index contributed by atoms with van der Waals surface area (Å²) in [6.07, 6.45) is 3.27. The van der Waals surface area contributed by atoms with E-state index in [1.165, 1.54) is 5.57 Å². The maximum Gasteiger partial charge on any atom is 0.306 e. The predicted octanol–water partition coefficient (Wildman–Crippen LogP) is 2.95. The number of allylic oxidation sites excluding steroid dienone is 2. The first kappa shape index (κ1) is 11.3. The first-order valence-corrected chi connectivity index (χ1v) is 5.33. The number of hydrogen-bond acceptors (Lipinski definition) is 1. The highest BCUT2D eigenvalue weighted by Crippen LogP contribution is 2.38. The number of aliphatic carboxylic acids is 1. The molecule has 1 rings (SSSR count). The number of rotatable bonds is 2. The van der Waals surface area contributed by atoms with Crippen molar-refractivity contribution in [2.24, 2.45) is 23.7 Å². The van der Waals surface area contributed by atoms with Crippen LogP contribution >= 0.6 is 0 Å². The Hall–Kier alpha value is -0.790. The van der Waals surface area contributed by atoms with E-state index in [1.807, 2.05) is 6.92 Å². The molecule has 0 aromatic rings. The van der Waals surface area contributed by atoms with E-state index in [2.05, 4.69) is 26.8 Å². The first-order valence-electron chi connectivity index (χ1n) is 5.33. The summed E-state index contributed by atoms with van der Waals surface area (Å²) in [5.41, 5.74) is 1.40. The minimum absolute atomic E-state index is 0.232. The van der Waals surface area contributed by atoms with Crippen LogP contribution in [-0.2, 0) is 4.79 Å². The van der Waals surface area contributed by atoms with Gasteiger partial charge in [0.2, 0.25) is 0 Å². The zero-order valence-corrected chi connectivity index (χ0v) is 9.45. The van der Waals surface area contributed by atoms with Crippen LogP contribution in [0.15, 0.2) is 11.6 Å². The van der Waals surface area contributed by atoms with Gasteiger partial charge in [0.15, 0.2) is 0 Å². The minimum atomic E-state index is -0.665. The molecule has 0 aromatic carbocycles. The molecule has 14 heavy (non-hydrogen) atoms. The molecule has 0 heterocycles. The third-order valence-electron chi connectivity index (χ3n) is 3.42. The van der Waals surface area contributed by atoms with Gasteiger partial charge in [-0.3, -0.25) is 4.79 Å². The van der Waals surface area contributed by atoms with Crippen molar-refractivity contribution >= 4 is 5.97 Å². The number of carboxylic acid groups (broad SMARTS) is 1. The predicted molar refractivity (Wildman–Crippen MR) is 57.0 cm³/mol. The van der Waals surface area contributed by atoms with Gasteiger partial charge in [0.25, 0.3) is 0 Å². The maximum atomic E-state index is 11.0. The average molecular weight is 196 g/mol. The van der Waals surface area contributed by atoms with Gasteiger partial charge in [-0.25, -0.2) is 0 Å². The molecule has 1 aliphatic rings. The van der Waals surface area contributed by atoms with Crippen LogP contribution in [0.1, 0.15) is 34.1 Å². The standard InChI is InChI=1S/C12H20O2/c1-7-5-8(2)11(9(3)6-7)10(4)12(13)14/h5,8-11H,6H2,1-4H3,(H,13,14). The molecule has 1 N–H and O–H groups in total.